The van der Waals surface area contributed by atoms with Gasteiger partial charge in [0.05, 0.1) is 11.2 Å². The summed E-state index contributed by atoms with van der Waals surface area (Å²) in [7, 11) is 0. The van der Waals surface area contributed by atoms with Crippen LogP contribution in [0.25, 0.3) is 0 Å². The number of carbonyl (C=O) groups excluding carboxylic acids is 3. The zero-order valence-corrected chi connectivity index (χ0v) is 14.6. The summed E-state index contributed by atoms with van der Waals surface area (Å²) in [6, 6.07) is 0. The summed E-state index contributed by atoms with van der Waals surface area (Å²) in [5, 5.41) is 10.5. The molecule has 1 N–H and O–H groups in total. The second-order valence-electron chi connectivity index (χ2n) is 7.68. The third-order valence-corrected chi connectivity index (χ3v) is 5.34. The number of ketones is 2. The van der Waals surface area contributed by atoms with E-state index in [1.165, 1.54) is 0 Å². The molecule has 3 aliphatic heterocycles. The number of hydrogen-bond acceptors (Lipinski definition) is 6. The molecule has 0 aromatic heterocycles. The smallest absolute Gasteiger partial charge is 0.336 e. The molecule has 5 atom stereocenters. The standard InChI is InChI=1S/C19H24O6/c1-10(2)11-4-5-13-17(22)16(24-18(13)23)9-19(3)8-14(21)15(25-19)7-12(20)6-11/h5,11,15-17,22H,1,4,6-9H2,2-3H3/b13-5-/t11-,15+,16+,17+,19+/m1/s1. The second-order valence-corrected chi connectivity index (χ2v) is 7.68. The van der Waals surface area contributed by atoms with Crippen LogP contribution in [0.5, 0.6) is 0 Å². The molecule has 4 bridgehead atoms. The molecule has 3 heterocycles. The lowest BCUT2D eigenvalue weighted by Gasteiger charge is -2.27. The summed E-state index contributed by atoms with van der Waals surface area (Å²) in [4.78, 5) is 36.8. The summed E-state index contributed by atoms with van der Waals surface area (Å²) in [5.74, 6) is -0.871. The molecule has 0 unspecified atom stereocenters. The van der Waals surface area contributed by atoms with E-state index in [0.717, 1.165) is 5.57 Å². The SMILES string of the molecule is C=C(C)[C@@H]1C/C=C2\C(=O)O[C@@H](C[C@]3(C)CC(=O)[C@H](CC(=O)C1)O3)[C@H]2O. The predicted octanol–water partition coefficient (Wildman–Crippen LogP) is 1.65. The molecular formula is C19H24O6. The van der Waals surface area contributed by atoms with E-state index >= 15 is 0 Å². The first-order valence-corrected chi connectivity index (χ1v) is 8.65. The van der Waals surface area contributed by atoms with Gasteiger partial charge in [-0.1, -0.05) is 18.2 Å². The van der Waals surface area contributed by atoms with Gasteiger partial charge in [-0.05, 0) is 26.2 Å². The van der Waals surface area contributed by atoms with Crippen LogP contribution in [0, 0.1) is 5.92 Å². The van der Waals surface area contributed by atoms with Crippen LogP contribution in [0.15, 0.2) is 23.8 Å². The molecule has 136 valence electrons. The first kappa shape index (κ1) is 18.0. The number of aliphatic hydroxyl groups excluding tert-OH is 1. The lowest BCUT2D eigenvalue weighted by molar-refractivity contribution is -0.144. The van der Waals surface area contributed by atoms with Crippen LogP contribution >= 0.6 is 0 Å². The molecule has 0 saturated carbocycles. The van der Waals surface area contributed by atoms with Gasteiger partial charge in [0, 0.05) is 25.7 Å². The number of ether oxygens (including phenoxy) is 2. The van der Waals surface area contributed by atoms with Crippen molar-refractivity contribution >= 4 is 17.5 Å². The van der Waals surface area contributed by atoms with Gasteiger partial charge in [-0.25, -0.2) is 4.79 Å². The highest BCUT2D eigenvalue weighted by Crippen LogP contribution is 2.38. The molecule has 0 spiro atoms. The quantitative estimate of drug-likeness (QED) is 0.572. The minimum Gasteiger partial charge on any atom is -0.456 e. The number of aliphatic hydroxyl groups is 1. The van der Waals surface area contributed by atoms with E-state index in [2.05, 4.69) is 6.58 Å². The average Bonchev–Trinajstić information content (AvgIpc) is 2.91. The van der Waals surface area contributed by atoms with Gasteiger partial charge in [0.15, 0.2) is 5.78 Å². The number of allylic oxidation sites excluding steroid dienone is 2. The van der Waals surface area contributed by atoms with Gasteiger partial charge < -0.3 is 14.6 Å². The predicted molar refractivity (Wildman–Crippen MR) is 88.7 cm³/mol. The van der Waals surface area contributed by atoms with E-state index in [0.29, 0.717) is 6.42 Å². The number of esters is 1. The first-order chi connectivity index (χ1) is 11.7. The summed E-state index contributed by atoms with van der Waals surface area (Å²) in [6.07, 6.45) is 0.187. The van der Waals surface area contributed by atoms with Gasteiger partial charge >= 0.3 is 5.97 Å². The number of rotatable bonds is 1. The van der Waals surface area contributed by atoms with Crippen molar-refractivity contribution < 1.29 is 29.0 Å². The molecule has 0 aromatic carbocycles. The van der Waals surface area contributed by atoms with Gasteiger partial charge in [0.2, 0.25) is 0 Å². The van der Waals surface area contributed by atoms with Crippen molar-refractivity contribution in [2.45, 2.75) is 69.9 Å². The zero-order chi connectivity index (χ0) is 18.4. The van der Waals surface area contributed by atoms with Gasteiger partial charge in [0.25, 0.3) is 0 Å². The van der Waals surface area contributed by atoms with Crippen LogP contribution in [0.2, 0.25) is 0 Å². The maximum Gasteiger partial charge on any atom is 0.336 e. The fourth-order valence-electron chi connectivity index (χ4n) is 3.88. The minimum atomic E-state index is -1.05. The molecular weight excluding hydrogens is 324 g/mol. The molecule has 0 aliphatic carbocycles. The molecule has 0 radical (unpaired) electrons. The van der Waals surface area contributed by atoms with Crippen LogP contribution in [0.3, 0.4) is 0 Å². The number of Topliss-reactive ketones (excluding diaryl/α,β-unsaturated/α-hetero) is 2. The molecule has 6 nitrogen and oxygen atoms in total. The van der Waals surface area contributed by atoms with Crippen molar-refractivity contribution in [3.8, 4) is 0 Å². The van der Waals surface area contributed by atoms with E-state index in [-0.39, 0.29) is 48.7 Å². The fraction of sp³-hybridized carbons (Fsp3) is 0.632. The summed E-state index contributed by atoms with van der Waals surface area (Å²) in [5.41, 5.74) is 0.194. The Morgan fingerprint density at radius 1 is 1.32 bits per heavy atom. The van der Waals surface area contributed by atoms with Crippen molar-refractivity contribution in [3.63, 3.8) is 0 Å². The first-order valence-electron chi connectivity index (χ1n) is 8.65. The number of fused-ring (bicyclic) bond motifs is 4. The largest absolute Gasteiger partial charge is 0.456 e. The van der Waals surface area contributed by atoms with E-state index in [4.69, 9.17) is 9.47 Å². The molecule has 3 rings (SSSR count). The van der Waals surface area contributed by atoms with Crippen LogP contribution in [-0.4, -0.2) is 46.6 Å². The summed E-state index contributed by atoms with van der Waals surface area (Å²) >= 11 is 0. The lowest BCUT2D eigenvalue weighted by atomic mass is 9.87. The van der Waals surface area contributed by atoms with Crippen molar-refractivity contribution in [2.75, 3.05) is 0 Å². The van der Waals surface area contributed by atoms with Gasteiger partial charge in [-0.2, -0.15) is 0 Å². The highest BCUT2D eigenvalue weighted by molar-refractivity contribution is 5.93. The Balaban J connectivity index is 1.94. The van der Waals surface area contributed by atoms with Gasteiger partial charge in [-0.3, -0.25) is 9.59 Å². The third-order valence-electron chi connectivity index (χ3n) is 5.34. The van der Waals surface area contributed by atoms with Crippen LogP contribution in [0.4, 0.5) is 0 Å². The van der Waals surface area contributed by atoms with Crippen LogP contribution in [-0.2, 0) is 23.9 Å². The van der Waals surface area contributed by atoms with Gasteiger partial charge in [-0.15, -0.1) is 0 Å². The Kier molecular flexibility index (Phi) is 4.68. The molecule has 2 fully saturated rings. The fourth-order valence-corrected chi connectivity index (χ4v) is 3.88. The third kappa shape index (κ3) is 3.60. The van der Waals surface area contributed by atoms with Crippen molar-refractivity contribution in [2.24, 2.45) is 5.92 Å². The van der Waals surface area contributed by atoms with E-state index in [1.54, 1.807) is 13.0 Å². The molecule has 25 heavy (non-hydrogen) atoms. The molecule has 0 aromatic rings. The topological polar surface area (TPSA) is 89.9 Å². The lowest BCUT2D eigenvalue weighted by Crippen LogP contribution is -2.35. The maximum atomic E-state index is 12.4. The highest BCUT2D eigenvalue weighted by Gasteiger charge is 2.49. The Morgan fingerprint density at radius 2 is 2.04 bits per heavy atom. The van der Waals surface area contributed by atoms with Crippen molar-refractivity contribution in [1.82, 2.24) is 0 Å². The Morgan fingerprint density at radius 3 is 2.72 bits per heavy atom. The Bertz CT molecular complexity index is 663. The van der Waals surface area contributed by atoms with Crippen LogP contribution in [0.1, 0.15) is 46.0 Å². The Labute approximate surface area is 146 Å². The monoisotopic (exact) mass is 348 g/mol. The molecule has 3 aliphatic rings. The summed E-state index contributed by atoms with van der Waals surface area (Å²) in [6.45, 7) is 7.50. The van der Waals surface area contributed by atoms with E-state index in [9.17, 15) is 19.5 Å². The van der Waals surface area contributed by atoms with E-state index < -0.39 is 29.9 Å². The summed E-state index contributed by atoms with van der Waals surface area (Å²) < 4.78 is 11.2. The molecule has 6 heteroatoms. The van der Waals surface area contributed by atoms with E-state index in [1.807, 2.05) is 6.92 Å². The zero-order valence-electron chi connectivity index (χ0n) is 14.6. The minimum absolute atomic E-state index is 0.0541. The second kappa shape index (κ2) is 6.50. The average molecular weight is 348 g/mol. The number of hydrogen-bond donors (Lipinski definition) is 1. The normalized spacial score (nSPS) is 41.2. The van der Waals surface area contributed by atoms with Crippen molar-refractivity contribution in [3.05, 3.63) is 23.8 Å². The highest BCUT2D eigenvalue weighted by atomic mass is 16.6. The molecule has 2 saturated heterocycles. The molecule has 0 amide bonds. The Hall–Kier alpha value is -1.79. The van der Waals surface area contributed by atoms with Crippen molar-refractivity contribution in [1.29, 1.82) is 0 Å². The van der Waals surface area contributed by atoms with Gasteiger partial charge in [0.1, 0.15) is 24.1 Å². The van der Waals surface area contributed by atoms with Crippen LogP contribution < -0.4 is 0 Å². The number of carbonyl (C=O) groups is 3. The maximum absolute atomic E-state index is 12.4.